The molecule has 1 saturated carbocycles. The Balaban J connectivity index is 1.69. The number of carbonyl (C=O) groups excluding carboxylic acids is 3. The number of esters is 1. The normalized spacial score (nSPS) is 24.2. The van der Waals surface area contributed by atoms with Crippen LogP contribution in [0.5, 0.6) is 5.75 Å². The first-order chi connectivity index (χ1) is 19.8. The van der Waals surface area contributed by atoms with Crippen LogP contribution < -0.4 is 10.4 Å². The molecule has 0 saturated heterocycles. The lowest BCUT2D eigenvalue weighted by Crippen LogP contribution is -2.57. The number of fused-ring (bicyclic) bond motifs is 1. The highest BCUT2D eigenvalue weighted by atomic mass is 16.7. The number of rotatable bonds is 14. The minimum Gasteiger partial charge on any atom is -0.482 e. The number of benzene rings is 1. The fourth-order valence-corrected chi connectivity index (χ4v) is 4.86. The van der Waals surface area contributed by atoms with E-state index < -0.39 is 66.2 Å². The van der Waals surface area contributed by atoms with E-state index in [0.29, 0.717) is 24.4 Å². The monoisotopic (exact) mass is 592 g/mol. The second-order valence-corrected chi connectivity index (χ2v) is 11.7. The molecule has 2 aromatic rings. The zero-order valence-corrected chi connectivity index (χ0v) is 24.5. The van der Waals surface area contributed by atoms with Gasteiger partial charge in [0.25, 0.3) is 0 Å². The number of ether oxygens (including phenoxy) is 5. The molecule has 7 unspecified atom stereocenters. The molecule has 2 N–H and O–H groups in total. The minimum absolute atomic E-state index is 0.0705. The fraction of sp³-hybridized carbons (Fsp3) is 0.600. The third-order valence-electron chi connectivity index (χ3n) is 7.09. The topological polar surface area (TPSA) is 168 Å². The summed E-state index contributed by atoms with van der Waals surface area (Å²) in [4.78, 5) is 47.4. The van der Waals surface area contributed by atoms with Crippen LogP contribution in [0, 0.1) is 17.3 Å². The van der Waals surface area contributed by atoms with Gasteiger partial charge in [-0.3, -0.25) is 4.79 Å². The Morgan fingerprint density at radius 3 is 2.43 bits per heavy atom. The average Bonchev–Trinajstić information content (AvgIpc) is 2.93. The van der Waals surface area contributed by atoms with Crippen molar-refractivity contribution in [2.24, 2.45) is 17.3 Å². The predicted octanol–water partition coefficient (Wildman–Crippen LogP) is 2.04. The van der Waals surface area contributed by atoms with Gasteiger partial charge in [-0.05, 0) is 49.8 Å². The molecule has 0 bridgehead atoms. The molecule has 1 heterocycles. The lowest BCUT2D eigenvalue weighted by atomic mass is 9.65. The van der Waals surface area contributed by atoms with Crippen molar-refractivity contribution in [1.82, 2.24) is 0 Å². The molecule has 0 amide bonds. The molecule has 1 aromatic carbocycles. The Kier molecular flexibility index (Phi) is 11.8. The van der Waals surface area contributed by atoms with Crippen LogP contribution in [0.3, 0.4) is 0 Å². The Bertz CT molecular complexity index is 1250. The molecule has 42 heavy (non-hydrogen) atoms. The van der Waals surface area contributed by atoms with Crippen molar-refractivity contribution < 1.29 is 52.7 Å². The summed E-state index contributed by atoms with van der Waals surface area (Å²) in [5.74, 6) is -1.60. The third-order valence-corrected chi connectivity index (χ3v) is 7.09. The molecule has 12 nitrogen and oxygen atoms in total. The molecule has 232 valence electrons. The molecule has 1 aromatic heterocycles. The van der Waals surface area contributed by atoms with Crippen molar-refractivity contribution in [3.05, 3.63) is 40.8 Å². The summed E-state index contributed by atoms with van der Waals surface area (Å²) in [6.45, 7) is 8.54. The quantitative estimate of drug-likeness (QED) is 0.142. The van der Waals surface area contributed by atoms with Gasteiger partial charge in [-0.25, -0.2) is 9.59 Å². The molecule has 7 atom stereocenters. The number of aldehydes is 2. The van der Waals surface area contributed by atoms with Gasteiger partial charge in [-0.15, -0.1) is 0 Å². The Labute approximate surface area is 243 Å². The smallest absolute Gasteiger partial charge is 0.344 e. The van der Waals surface area contributed by atoms with Crippen molar-refractivity contribution >= 4 is 29.5 Å². The number of hydrogen-bond acceptors (Lipinski definition) is 12. The highest BCUT2D eigenvalue weighted by molar-refractivity contribution is 5.78. The number of hydrogen-bond donors (Lipinski definition) is 2. The fourth-order valence-electron chi connectivity index (χ4n) is 4.86. The molecule has 12 heteroatoms. The lowest BCUT2D eigenvalue weighted by Gasteiger charge is -2.47. The first-order valence-electron chi connectivity index (χ1n) is 13.8. The van der Waals surface area contributed by atoms with Crippen molar-refractivity contribution in [3.63, 3.8) is 0 Å². The maximum Gasteiger partial charge on any atom is 0.344 e. The molecular formula is C30H40O12. The van der Waals surface area contributed by atoms with E-state index in [2.05, 4.69) is 0 Å². The summed E-state index contributed by atoms with van der Waals surface area (Å²) >= 11 is 0. The Morgan fingerprint density at radius 2 is 1.79 bits per heavy atom. The molecule has 1 aliphatic rings. The standard InChI is InChI=1S/C30H40O12/c1-17(2)37-15-21(12-31)40-26(13-32)39-14-19-10-22(30(3,4)5)27(35)28(36)29(19)42-25(34)16-38-20-8-6-18-7-9-24(33)41-23(18)11-20/h6-9,11-13,17,19,21-22,26-29,35-36H,10,14-16H2,1-5H3. The van der Waals surface area contributed by atoms with E-state index in [1.54, 1.807) is 32.0 Å². The Morgan fingerprint density at radius 1 is 1.07 bits per heavy atom. The largest absolute Gasteiger partial charge is 0.482 e. The van der Waals surface area contributed by atoms with Crippen LogP contribution in [0.1, 0.15) is 41.0 Å². The average molecular weight is 593 g/mol. The van der Waals surface area contributed by atoms with Crippen LogP contribution in [-0.2, 0) is 33.3 Å². The predicted molar refractivity (Wildman–Crippen MR) is 149 cm³/mol. The molecule has 3 rings (SSSR count). The van der Waals surface area contributed by atoms with Gasteiger partial charge in [0, 0.05) is 23.4 Å². The van der Waals surface area contributed by atoms with Crippen LogP contribution in [0.4, 0.5) is 0 Å². The maximum absolute atomic E-state index is 12.8. The molecular weight excluding hydrogens is 552 g/mol. The summed E-state index contributed by atoms with van der Waals surface area (Å²) < 4.78 is 32.7. The van der Waals surface area contributed by atoms with Gasteiger partial charge in [-0.2, -0.15) is 0 Å². The zero-order valence-electron chi connectivity index (χ0n) is 24.5. The van der Waals surface area contributed by atoms with Gasteiger partial charge in [-0.1, -0.05) is 20.8 Å². The van der Waals surface area contributed by atoms with Crippen LogP contribution in [0.2, 0.25) is 0 Å². The van der Waals surface area contributed by atoms with Crippen LogP contribution in [-0.4, -0.2) is 85.4 Å². The van der Waals surface area contributed by atoms with E-state index in [4.69, 9.17) is 28.1 Å². The van der Waals surface area contributed by atoms with Crippen molar-refractivity contribution in [2.75, 3.05) is 19.8 Å². The molecule has 0 aliphatic heterocycles. The summed E-state index contributed by atoms with van der Waals surface area (Å²) in [6.07, 6.45) is -5.27. The minimum atomic E-state index is -1.45. The number of aliphatic hydroxyl groups excluding tert-OH is 2. The van der Waals surface area contributed by atoms with Gasteiger partial charge in [0.1, 0.15) is 29.6 Å². The SMILES string of the molecule is CC(C)OCC(C=O)OC(C=O)OCC1CC(C(C)(C)C)C(O)C(O)C1OC(=O)COc1ccc2ccc(=O)oc2c1. The highest BCUT2D eigenvalue weighted by Crippen LogP contribution is 2.42. The first kappa shape index (κ1) is 33.3. The van der Waals surface area contributed by atoms with Crippen molar-refractivity contribution in [1.29, 1.82) is 0 Å². The van der Waals surface area contributed by atoms with Gasteiger partial charge in [0.05, 0.1) is 25.4 Å². The summed E-state index contributed by atoms with van der Waals surface area (Å²) in [5, 5.41) is 22.6. The number of aliphatic hydroxyl groups is 2. The summed E-state index contributed by atoms with van der Waals surface area (Å²) in [7, 11) is 0. The Hall–Kier alpha value is -3.16. The van der Waals surface area contributed by atoms with Crippen LogP contribution >= 0.6 is 0 Å². The molecule has 1 fully saturated rings. The summed E-state index contributed by atoms with van der Waals surface area (Å²) in [5.41, 5.74) is -0.665. The summed E-state index contributed by atoms with van der Waals surface area (Å²) in [6, 6.07) is 7.61. The van der Waals surface area contributed by atoms with E-state index >= 15 is 0 Å². The molecule has 0 spiro atoms. The van der Waals surface area contributed by atoms with Crippen molar-refractivity contribution in [2.45, 2.75) is 77.8 Å². The first-order valence-corrected chi connectivity index (χ1v) is 13.8. The lowest BCUT2D eigenvalue weighted by molar-refractivity contribution is -0.212. The van der Waals surface area contributed by atoms with E-state index in [0.717, 1.165) is 0 Å². The third kappa shape index (κ3) is 9.17. The van der Waals surface area contributed by atoms with Gasteiger partial charge in [0.15, 0.2) is 19.2 Å². The van der Waals surface area contributed by atoms with Gasteiger partial charge >= 0.3 is 11.6 Å². The highest BCUT2D eigenvalue weighted by Gasteiger charge is 2.49. The van der Waals surface area contributed by atoms with Crippen LogP contribution in [0.15, 0.2) is 39.5 Å². The van der Waals surface area contributed by atoms with E-state index in [-0.39, 0.29) is 30.7 Å². The number of carbonyl (C=O) groups is 3. The second-order valence-electron chi connectivity index (χ2n) is 11.7. The van der Waals surface area contributed by atoms with E-state index in [1.165, 1.54) is 12.1 Å². The molecule has 0 radical (unpaired) electrons. The van der Waals surface area contributed by atoms with E-state index in [1.807, 2.05) is 20.8 Å². The molecule has 1 aliphatic carbocycles. The van der Waals surface area contributed by atoms with Crippen LogP contribution in [0.25, 0.3) is 11.0 Å². The van der Waals surface area contributed by atoms with Gasteiger partial charge in [0.2, 0.25) is 6.29 Å². The zero-order chi connectivity index (χ0) is 31.0. The maximum atomic E-state index is 12.8. The van der Waals surface area contributed by atoms with Crippen molar-refractivity contribution in [3.8, 4) is 5.75 Å². The van der Waals surface area contributed by atoms with E-state index in [9.17, 15) is 29.4 Å². The second kappa shape index (κ2) is 14.8. The van der Waals surface area contributed by atoms with Gasteiger partial charge < -0.3 is 43.1 Å².